The molecule has 0 heterocycles. The Hall–Kier alpha value is -2.30. The zero-order chi connectivity index (χ0) is 15.6. The van der Waals surface area contributed by atoms with Crippen LogP contribution in [-0.4, -0.2) is 12.5 Å². The molecule has 0 unspecified atom stereocenters. The van der Waals surface area contributed by atoms with Crippen molar-refractivity contribution in [3.8, 4) is 0 Å². The van der Waals surface area contributed by atoms with Crippen molar-refractivity contribution in [1.29, 1.82) is 0 Å². The Morgan fingerprint density at radius 3 is 2.05 bits per heavy atom. The maximum atomic E-state index is 13.2. The molecule has 0 aromatic heterocycles. The van der Waals surface area contributed by atoms with Crippen molar-refractivity contribution in [2.24, 2.45) is 0 Å². The van der Waals surface area contributed by atoms with Crippen LogP contribution in [0.2, 0.25) is 0 Å². The van der Waals surface area contributed by atoms with E-state index in [0.717, 1.165) is 5.56 Å². The van der Waals surface area contributed by atoms with Gasteiger partial charge in [-0.3, -0.25) is 4.79 Å². The highest BCUT2D eigenvalue weighted by Gasteiger charge is 2.20. The summed E-state index contributed by atoms with van der Waals surface area (Å²) in [5.74, 6) is -4.92. The fourth-order valence-corrected chi connectivity index (χ4v) is 2.00. The van der Waals surface area contributed by atoms with Gasteiger partial charge in [-0.25, -0.2) is 13.2 Å². The molecule has 2 rings (SSSR count). The number of halogens is 3. The summed E-state index contributed by atoms with van der Waals surface area (Å²) in [6.07, 6.45) is 0. The molecule has 0 fully saturated rings. The third-order valence-corrected chi connectivity index (χ3v) is 3.14. The first-order valence-electron chi connectivity index (χ1n) is 6.47. The van der Waals surface area contributed by atoms with Crippen LogP contribution in [0.3, 0.4) is 0 Å². The van der Waals surface area contributed by atoms with Crippen LogP contribution < -0.4 is 4.90 Å². The molecular weight excluding hydrogens is 279 g/mol. The fraction of sp³-hybridized carbons (Fsp3) is 0.188. The van der Waals surface area contributed by atoms with Gasteiger partial charge in [-0.1, -0.05) is 17.7 Å². The Bertz CT molecular complexity index is 645. The summed E-state index contributed by atoms with van der Waals surface area (Å²) >= 11 is 0. The van der Waals surface area contributed by atoms with E-state index in [0.29, 0.717) is 24.4 Å². The number of hydrogen-bond acceptors (Lipinski definition) is 1. The van der Waals surface area contributed by atoms with Crippen LogP contribution in [0, 0.1) is 24.4 Å². The lowest BCUT2D eigenvalue weighted by atomic mass is 10.1. The van der Waals surface area contributed by atoms with Crippen molar-refractivity contribution < 1.29 is 18.0 Å². The summed E-state index contributed by atoms with van der Waals surface area (Å²) in [5, 5.41) is 0. The molecule has 0 bridgehead atoms. The van der Waals surface area contributed by atoms with Gasteiger partial charge in [-0.05, 0) is 38.1 Å². The van der Waals surface area contributed by atoms with Crippen LogP contribution in [0.15, 0.2) is 36.4 Å². The molecule has 110 valence electrons. The average Bonchev–Trinajstić information content (AvgIpc) is 2.46. The van der Waals surface area contributed by atoms with Gasteiger partial charge in [-0.15, -0.1) is 0 Å². The molecule has 0 spiro atoms. The SMILES string of the molecule is CCN(C(=O)c1cc(F)c(F)c(F)c1)c1ccc(C)cc1. The zero-order valence-corrected chi connectivity index (χ0v) is 11.7. The number of carbonyl (C=O) groups excluding carboxylic acids is 1. The molecular formula is C16H14F3NO. The smallest absolute Gasteiger partial charge is 0.258 e. The molecule has 2 aromatic rings. The van der Waals surface area contributed by atoms with E-state index >= 15 is 0 Å². The quantitative estimate of drug-likeness (QED) is 0.781. The first-order valence-corrected chi connectivity index (χ1v) is 6.47. The van der Waals surface area contributed by atoms with Crippen molar-refractivity contribution in [1.82, 2.24) is 0 Å². The van der Waals surface area contributed by atoms with Crippen LogP contribution in [0.25, 0.3) is 0 Å². The summed E-state index contributed by atoms with van der Waals surface area (Å²) < 4.78 is 39.4. The van der Waals surface area contributed by atoms with Gasteiger partial charge in [0, 0.05) is 17.8 Å². The molecule has 2 aromatic carbocycles. The van der Waals surface area contributed by atoms with Crippen molar-refractivity contribution >= 4 is 11.6 Å². The molecule has 0 saturated carbocycles. The van der Waals surface area contributed by atoms with Gasteiger partial charge >= 0.3 is 0 Å². The molecule has 0 saturated heterocycles. The van der Waals surface area contributed by atoms with E-state index in [1.807, 2.05) is 19.1 Å². The highest BCUT2D eigenvalue weighted by Crippen LogP contribution is 2.20. The highest BCUT2D eigenvalue weighted by atomic mass is 19.2. The lowest BCUT2D eigenvalue weighted by Gasteiger charge is -2.21. The largest absolute Gasteiger partial charge is 0.309 e. The Labute approximate surface area is 120 Å². The van der Waals surface area contributed by atoms with Gasteiger partial charge < -0.3 is 4.90 Å². The second-order valence-corrected chi connectivity index (χ2v) is 4.64. The molecule has 0 aliphatic rings. The molecule has 0 aliphatic heterocycles. The third-order valence-electron chi connectivity index (χ3n) is 3.14. The van der Waals surface area contributed by atoms with Crippen LogP contribution in [-0.2, 0) is 0 Å². The summed E-state index contributed by atoms with van der Waals surface area (Å²) in [4.78, 5) is 13.7. The Morgan fingerprint density at radius 2 is 1.57 bits per heavy atom. The highest BCUT2D eigenvalue weighted by molar-refractivity contribution is 6.06. The monoisotopic (exact) mass is 293 g/mol. The third kappa shape index (κ3) is 3.07. The number of hydrogen-bond donors (Lipinski definition) is 0. The Balaban J connectivity index is 2.39. The van der Waals surface area contributed by atoms with Gasteiger partial charge in [0.25, 0.3) is 5.91 Å². The van der Waals surface area contributed by atoms with Gasteiger partial charge in [0.1, 0.15) is 0 Å². The number of anilines is 1. The minimum atomic E-state index is -1.58. The lowest BCUT2D eigenvalue weighted by Crippen LogP contribution is -2.30. The second kappa shape index (κ2) is 5.99. The normalized spacial score (nSPS) is 10.5. The first kappa shape index (κ1) is 15.1. The lowest BCUT2D eigenvalue weighted by molar-refractivity contribution is 0.0987. The molecule has 0 N–H and O–H groups in total. The number of rotatable bonds is 3. The van der Waals surface area contributed by atoms with Crippen molar-refractivity contribution in [3.63, 3.8) is 0 Å². The predicted octanol–water partition coefficient (Wildman–Crippen LogP) is 4.08. The van der Waals surface area contributed by atoms with E-state index in [-0.39, 0.29) is 5.56 Å². The molecule has 0 radical (unpaired) electrons. The molecule has 2 nitrogen and oxygen atoms in total. The minimum absolute atomic E-state index is 0.228. The van der Waals surface area contributed by atoms with Crippen molar-refractivity contribution in [3.05, 3.63) is 65.0 Å². The summed E-state index contributed by atoms with van der Waals surface area (Å²) in [6.45, 7) is 3.98. The maximum Gasteiger partial charge on any atom is 0.258 e. The molecule has 0 atom stereocenters. The van der Waals surface area contributed by atoms with E-state index in [4.69, 9.17) is 0 Å². The number of amides is 1. The van der Waals surface area contributed by atoms with Crippen LogP contribution in [0.4, 0.5) is 18.9 Å². The Kier molecular flexibility index (Phi) is 4.31. The number of carbonyl (C=O) groups is 1. The van der Waals surface area contributed by atoms with E-state index < -0.39 is 23.4 Å². The van der Waals surface area contributed by atoms with Gasteiger partial charge in [-0.2, -0.15) is 0 Å². The van der Waals surface area contributed by atoms with Gasteiger partial charge in [0.05, 0.1) is 0 Å². The van der Waals surface area contributed by atoms with Crippen molar-refractivity contribution in [2.75, 3.05) is 11.4 Å². The number of nitrogens with zero attached hydrogens (tertiary/aromatic N) is 1. The predicted molar refractivity (Wildman–Crippen MR) is 74.8 cm³/mol. The van der Waals surface area contributed by atoms with Gasteiger partial charge in [0.2, 0.25) is 0 Å². The topological polar surface area (TPSA) is 20.3 Å². The molecule has 0 aliphatic carbocycles. The summed E-state index contributed by atoms with van der Waals surface area (Å²) in [7, 11) is 0. The summed E-state index contributed by atoms with van der Waals surface area (Å²) in [5.41, 5.74) is 1.41. The van der Waals surface area contributed by atoms with E-state index in [9.17, 15) is 18.0 Å². The minimum Gasteiger partial charge on any atom is -0.309 e. The first-order chi connectivity index (χ1) is 9.93. The van der Waals surface area contributed by atoms with Crippen molar-refractivity contribution in [2.45, 2.75) is 13.8 Å². The number of aryl methyl sites for hydroxylation is 1. The Morgan fingerprint density at radius 1 is 1.05 bits per heavy atom. The summed E-state index contributed by atoms with van der Waals surface area (Å²) in [6, 6.07) is 8.56. The van der Waals surface area contributed by atoms with E-state index in [1.165, 1.54) is 4.90 Å². The average molecular weight is 293 g/mol. The van der Waals surface area contributed by atoms with E-state index in [1.54, 1.807) is 19.1 Å². The zero-order valence-electron chi connectivity index (χ0n) is 11.7. The van der Waals surface area contributed by atoms with E-state index in [2.05, 4.69) is 0 Å². The molecule has 21 heavy (non-hydrogen) atoms. The van der Waals surface area contributed by atoms with Gasteiger partial charge in [0.15, 0.2) is 17.5 Å². The molecule has 1 amide bonds. The van der Waals surface area contributed by atoms with Crippen LogP contribution >= 0.6 is 0 Å². The van der Waals surface area contributed by atoms with Crippen LogP contribution in [0.5, 0.6) is 0 Å². The fourth-order valence-electron chi connectivity index (χ4n) is 2.00. The molecule has 5 heteroatoms. The standard InChI is InChI=1S/C16H14F3NO/c1-3-20(12-6-4-10(2)5-7-12)16(21)11-8-13(17)15(19)14(18)9-11/h4-9H,3H2,1-2H3. The number of benzene rings is 2. The maximum absolute atomic E-state index is 13.2. The second-order valence-electron chi connectivity index (χ2n) is 4.64. The van der Waals surface area contributed by atoms with Crippen LogP contribution in [0.1, 0.15) is 22.8 Å².